The second kappa shape index (κ2) is 4.61. The molecule has 0 radical (unpaired) electrons. The summed E-state index contributed by atoms with van der Waals surface area (Å²) in [6.45, 7) is 0.629. The summed E-state index contributed by atoms with van der Waals surface area (Å²) in [7, 11) is 0. The molecule has 0 spiro atoms. The van der Waals surface area contributed by atoms with Gasteiger partial charge in [0.1, 0.15) is 0 Å². The lowest BCUT2D eigenvalue weighted by Gasteiger charge is -1.96. The average Bonchev–Trinajstić information content (AvgIpc) is 2.97. The molecule has 0 bridgehead atoms. The van der Waals surface area contributed by atoms with Gasteiger partial charge < -0.3 is 9.84 Å². The van der Waals surface area contributed by atoms with Gasteiger partial charge in [0.25, 0.3) is 0 Å². The summed E-state index contributed by atoms with van der Waals surface area (Å²) < 4.78 is 6.26. The first kappa shape index (κ1) is 11.0. The Morgan fingerprint density at radius 3 is 3.17 bits per heavy atom. The molecule has 3 aromatic heterocycles. The average molecular weight is 265 g/mol. The number of pyridine rings is 1. The zero-order valence-corrected chi connectivity index (χ0v) is 10.0. The van der Waals surface area contributed by atoms with Crippen LogP contribution in [0.5, 0.6) is 0 Å². The van der Waals surface area contributed by atoms with Gasteiger partial charge in [-0.25, -0.2) is 4.52 Å². The standard InChI is InChI=1S/C10H9ClN6O/c11-7-1-2-9-14-10(15-17(9)5-7)12-4-3-8-13-6-18-16-8/h1-2,5-6H,3-4H2,(H,12,15). The Hall–Kier alpha value is -2.15. The molecule has 0 amide bonds. The van der Waals surface area contributed by atoms with Crippen molar-refractivity contribution in [3.63, 3.8) is 0 Å². The number of hydrogen-bond donors (Lipinski definition) is 1. The summed E-state index contributed by atoms with van der Waals surface area (Å²) in [5, 5.41) is 11.7. The van der Waals surface area contributed by atoms with E-state index >= 15 is 0 Å². The Balaban J connectivity index is 1.67. The van der Waals surface area contributed by atoms with Gasteiger partial charge in [-0.1, -0.05) is 16.8 Å². The summed E-state index contributed by atoms with van der Waals surface area (Å²) in [6.07, 6.45) is 3.65. The number of rotatable bonds is 4. The zero-order valence-electron chi connectivity index (χ0n) is 9.25. The minimum Gasteiger partial charge on any atom is -0.352 e. The lowest BCUT2D eigenvalue weighted by atomic mass is 10.4. The smallest absolute Gasteiger partial charge is 0.243 e. The van der Waals surface area contributed by atoms with E-state index in [1.165, 1.54) is 6.39 Å². The number of fused-ring (bicyclic) bond motifs is 1. The lowest BCUT2D eigenvalue weighted by Crippen LogP contribution is -2.07. The quantitative estimate of drug-likeness (QED) is 0.767. The highest BCUT2D eigenvalue weighted by molar-refractivity contribution is 6.30. The Morgan fingerprint density at radius 2 is 2.33 bits per heavy atom. The zero-order chi connectivity index (χ0) is 12.4. The van der Waals surface area contributed by atoms with Gasteiger partial charge in [0, 0.05) is 19.2 Å². The molecule has 0 aromatic carbocycles. The van der Waals surface area contributed by atoms with Crippen molar-refractivity contribution in [3.05, 3.63) is 35.6 Å². The maximum absolute atomic E-state index is 5.86. The van der Waals surface area contributed by atoms with Gasteiger partial charge in [0.2, 0.25) is 12.3 Å². The molecule has 0 aliphatic carbocycles. The molecule has 3 rings (SSSR count). The molecule has 0 saturated carbocycles. The molecule has 0 saturated heterocycles. The SMILES string of the molecule is Clc1ccc2nc(NCCc3ncon3)nn2c1. The van der Waals surface area contributed by atoms with Crippen molar-refractivity contribution >= 4 is 23.2 Å². The van der Waals surface area contributed by atoms with Gasteiger partial charge >= 0.3 is 0 Å². The third-order valence-electron chi connectivity index (χ3n) is 2.33. The van der Waals surface area contributed by atoms with Crippen molar-refractivity contribution in [2.45, 2.75) is 6.42 Å². The fourth-order valence-corrected chi connectivity index (χ4v) is 1.68. The van der Waals surface area contributed by atoms with Crippen molar-refractivity contribution in [3.8, 4) is 0 Å². The predicted octanol–water partition coefficient (Wildman–Crippen LogP) is 1.42. The van der Waals surface area contributed by atoms with E-state index in [4.69, 9.17) is 11.6 Å². The maximum Gasteiger partial charge on any atom is 0.243 e. The van der Waals surface area contributed by atoms with Crippen molar-refractivity contribution in [1.82, 2.24) is 24.7 Å². The minimum atomic E-state index is 0.542. The van der Waals surface area contributed by atoms with Crippen LogP contribution in [0.1, 0.15) is 5.82 Å². The van der Waals surface area contributed by atoms with E-state index in [0.29, 0.717) is 29.8 Å². The number of anilines is 1. The van der Waals surface area contributed by atoms with Crippen molar-refractivity contribution < 1.29 is 4.52 Å². The van der Waals surface area contributed by atoms with Crippen LogP contribution in [-0.4, -0.2) is 31.3 Å². The van der Waals surface area contributed by atoms with Gasteiger partial charge in [-0.15, -0.1) is 5.10 Å². The van der Waals surface area contributed by atoms with Crippen LogP contribution < -0.4 is 5.32 Å². The van der Waals surface area contributed by atoms with Crippen molar-refractivity contribution in [2.75, 3.05) is 11.9 Å². The highest BCUT2D eigenvalue weighted by Gasteiger charge is 2.04. The highest BCUT2D eigenvalue weighted by atomic mass is 35.5. The molecule has 0 unspecified atom stereocenters. The van der Waals surface area contributed by atoms with Crippen LogP contribution in [0, 0.1) is 0 Å². The molecule has 92 valence electrons. The van der Waals surface area contributed by atoms with Crippen LogP contribution in [0.15, 0.2) is 29.2 Å². The normalized spacial score (nSPS) is 10.9. The Kier molecular flexibility index (Phi) is 2.81. The molecule has 8 heteroatoms. The van der Waals surface area contributed by atoms with E-state index in [1.807, 2.05) is 0 Å². The Bertz CT molecular complexity index is 649. The monoisotopic (exact) mass is 264 g/mol. The molecule has 0 fully saturated rings. The molecule has 0 aliphatic heterocycles. The number of halogens is 1. The lowest BCUT2D eigenvalue weighted by molar-refractivity contribution is 0.410. The molecular weight excluding hydrogens is 256 g/mol. The molecule has 3 heterocycles. The van der Waals surface area contributed by atoms with Gasteiger partial charge in [0.05, 0.1) is 5.02 Å². The summed E-state index contributed by atoms with van der Waals surface area (Å²) in [6, 6.07) is 3.58. The van der Waals surface area contributed by atoms with Crippen LogP contribution >= 0.6 is 11.6 Å². The van der Waals surface area contributed by atoms with E-state index < -0.39 is 0 Å². The fourth-order valence-electron chi connectivity index (χ4n) is 1.52. The molecule has 3 aromatic rings. The molecule has 0 atom stereocenters. The fraction of sp³-hybridized carbons (Fsp3) is 0.200. The summed E-state index contributed by atoms with van der Waals surface area (Å²) in [5.41, 5.74) is 0.737. The minimum absolute atomic E-state index is 0.542. The molecule has 18 heavy (non-hydrogen) atoms. The summed E-state index contributed by atoms with van der Waals surface area (Å²) >= 11 is 5.86. The van der Waals surface area contributed by atoms with Crippen LogP contribution in [0.4, 0.5) is 5.95 Å². The Morgan fingerprint density at radius 1 is 1.39 bits per heavy atom. The van der Waals surface area contributed by atoms with Gasteiger partial charge in [-0.05, 0) is 12.1 Å². The van der Waals surface area contributed by atoms with Gasteiger partial charge in [-0.3, -0.25) is 0 Å². The molecule has 7 nitrogen and oxygen atoms in total. The molecule has 0 aliphatic rings. The summed E-state index contributed by atoms with van der Waals surface area (Å²) in [5.74, 6) is 1.19. The number of aromatic nitrogens is 5. The molecular formula is C10H9ClN6O. The van der Waals surface area contributed by atoms with E-state index in [-0.39, 0.29) is 0 Å². The van der Waals surface area contributed by atoms with Crippen LogP contribution in [0.25, 0.3) is 5.65 Å². The Labute approximate surface area is 107 Å². The number of nitrogens with one attached hydrogen (secondary N) is 1. The van der Waals surface area contributed by atoms with Gasteiger partial charge in [0.15, 0.2) is 11.5 Å². The molecule has 1 N–H and O–H groups in total. The summed E-state index contributed by atoms with van der Waals surface area (Å²) in [4.78, 5) is 8.21. The van der Waals surface area contributed by atoms with E-state index in [0.717, 1.165) is 5.65 Å². The maximum atomic E-state index is 5.86. The largest absolute Gasteiger partial charge is 0.352 e. The highest BCUT2D eigenvalue weighted by Crippen LogP contribution is 2.11. The van der Waals surface area contributed by atoms with Crippen molar-refractivity contribution in [1.29, 1.82) is 0 Å². The van der Waals surface area contributed by atoms with Crippen LogP contribution in [-0.2, 0) is 6.42 Å². The van der Waals surface area contributed by atoms with Crippen LogP contribution in [0.2, 0.25) is 5.02 Å². The number of hydrogen-bond acceptors (Lipinski definition) is 6. The van der Waals surface area contributed by atoms with Gasteiger partial charge in [-0.2, -0.15) is 9.97 Å². The third kappa shape index (κ3) is 2.25. The van der Waals surface area contributed by atoms with Crippen LogP contribution in [0.3, 0.4) is 0 Å². The topological polar surface area (TPSA) is 81.1 Å². The van der Waals surface area contributed by atoms with Crippen molar-refractivity contribution in [2.24, 2.45) is 0 Å². The van der Waals surface area contributed by atoms with E-state index in [2.05, 4.69) is 30.1 Å². The third-order valence-corrected chi connectivity index (χ3v) is 2.56. The first-order chi connectivity index (χ1) is 8.81. The van der Waals surface area contributed by atoms with E-state index in [1.54, 1.807) is 22.8 Å². The predicted molar refractivity (Wildman–Crippen MR) is 64.5 cm³/mol. The first-order valence-electron chi connectivity index (χ1n) is 5.32. The second-order valence-corrected chi connectivity index (χ2v) is 4.05. The van der Waals surface area contributed by atoms with E-state index in [9.17, 15) is 0 Å². The first-order valence-corrected chi connectivity index (χ1v) is 5.70. The number of nitrogens with zero attached hydrogens (tertiary/aromatic N) is 5. The second-order valence-electron chi connectivity index (χ2n) is 3.61.